The summed E-state index contributed by atoms with van der Waals surface area (Å²) in [6.45, 7) is 0.716. The van der Waals surface area contributed by atoms with Crippen LogP contribution in [0.3, 0.4) is 0 Å². The van der Waals surface area contributed by atoms with Gasteiger partial charge in [0.05, 0.1) is 12.1 Å². The molecule has 1 amide bonds. The fourth-order valence-corrected chi connectivity index (χ4v) is 2.31. The summed E-state index contributed by atoms with van der Waals surface area (Å²) in [5.74, 6) is 1.15. The zero-order chi connectivity index (χ0) is 15.5. The van der Waals surface area contributed by atoms with Crippen LogP contribution in [-0.4, -0.2) is 29.7 Å². The Morgan fingerprint density at radius 2 is 2.23 bits per heavy atom. The highest BCUT2D eigenvalue weighted by Gasteiger charge is 2.21. The van der Waals surface area contributed by atoms with E-state index in [1.165, 1.54) is 0 Å². The van der Waals surface area contributed by atoms with Crippen molar-refractivity contribution >= 4 is 5.91 Å². The molecule has 1 atom stereocenters. The van der Waals surface area contributed by atoms with E-state index in [0.717, 1.165) is 0 Å². The summed E-state index contributed by atoms with van der Waals surface area (Å²) in [5, 5.41) is 11.7. The van der Waals surface area contributed by atoms with Gasteiger partial charge in [-0.2, -0.15) is 5.26 Å². The molecule has 6 nitrogen and oxygen atoms in total. The molecule has 0 aliphatic carbocycles. The van der Waals surface area contributed by atoms with E-state index in [2.05, 4.69) is 5.32 Å². The van der Waals surface area contributed by atoms with E-state index >= 15 is 0 Å². The molecule has 0 fully saturated rings. The second-order valence-electron chi connectivity index (χ2n) is 5.04. The molecule has 6 heteroatoms. The van der Waals surface area contributed by atoms with Crippen molar-refractivity contribution in [2.75, 3.05) is 13.2 Å². The normalized spacial score (nSPS) is 15.9. The predicted octanol–water partition coefficient (Wildman–Crippen LogP) is 1.47. The Morgan fingerprint density at radius 1 is 1.45 bits per heavy atom. The van der Waals surface area contributed by atoms with E-state index in [9.17, 15) is 4.79 Å². The number of para-hydroxylation sites is 2. The molecule has 112 valence electrons. The fourth-order valence-electron chi connectivity index (χ4n) is 2.31. The average Bonchev–Trinajstić information content (AvgIpc) is 2.93. The van der Waals surface area contributed by atoms with Gasteiger partial charge in [0.15, 0.2) is 11.5 Å². The molecule has 2 heterocycles. The molecule has 0 bridgehead atoms. The number of ether oxygens (including phenoxy) is 2. The summed E-state index contributed by atoms with van der Waals surface area (Å²) in [6, 6.07) is 11.0. The van der Waals surface area contributed by atoms with Gasteiger partial charge in [-0.25, -0.2) is 0 Å². The number of fused-ring (bicyclic) bond motifs is 1. The number of rotatable bonds is 3. The van der Waals surface area contributed by atoms with Crippen LogP contribution < -0.4 is 14.8 Å². The number of carbonyl (C=O) groups excluding carboxylic acids is 1. The maximum absolute atomic E-state index is 12.1. The number of nitriles is 1. The molecule has 0 saturated heterocycles. The number of amides is 1. The van der Waals surface area contributed by atoms with Gasteiger partial charge in [0.2, 0.25) is 0 Å². The lowest BCUT2D eigenvalue weighted by Crippen LogP contribution is -2.41. The SMILES string of the molecule is Cn1cc(C#N)cc1C(=O)NC[C@@H]1COc2ccccc2O1. The summed E-state index contributed by atoms with van der Waals surface area (Å²) in [6.07, 6.45) is 1.38. The van der Waals surface area contributed by atoms with Crippen LogP contribution >= 0.6 is 0 Å². The lowest BCUT2D eigenvalue weighted by atomic mass is 10.2. The maximum Gasteiger partial charge on any atom is 0.268 e. The van der Waals surface area contributed by atoms with E-state index in [1.807, 2.05) is 30.3 Å². The first-order chi connectivity index (χ1) is 10.7. The molecule has 3 rings (SSSR count). The van der Waals surface area contributed by atoms with Crippen molar-refractivity contribution < 1.29 is 14.3 Å². The third kappa shape index (κ3) is 2.74. The van der Waals surface area contributed by atoms with Crippen molar-refractivity contribution in [1.82, 2.24) is 9.88 Å². The van der Waals surface area contributed by atoms with E-state index in [-0.39, 0.29) is 12.0 Å². The number of hydrogen-bond donors (Lipinski definition) is 1. The summed E-state index contributed by atoms with van der Waals surface area (Å²) >= 11 is 0. The van der Waals surface area contributed by atoms with Crippen LogP contribution in [0.15, 0.2) is 36.5 Å². The van der Waals surface area contributed by atoms with Crippen LogP contribution in [0, 0.1) is 11.3 Å². The Kier molecular flexibility index (Phi) is 3.71. The lowest BCUT2D eigenvalue weighted by Gasteiger charge is -2.26. The predicted molar refractivity (Wildman–Crippen MR) is 78.8 cm³/mol. The molecular formula is C16H15N3O3. The molecule has 1 aliphatic heterocycles. The van der Waals surface area contributed by atoms with E-state index < -0.39 is 0 Å². The molecule has 0 radical (unpaired) electrons. The number of carbonyl (C=O) groups is 1. The molecular weight excluding hydrogens is 282 g/mol. The van der Waals surface area contributed by atoms with Crippen LogP contribution in [0.2, 0.25) is 0 Å². The van der Waals surface area contributed by atoms with Gasteiger partial charge in [0, 0.05) is 13.2 Å². The number of hydrogen-bond acceptors (Lipinski definition) is 4. The molecule has 0 unspecified atom stereocenters. The zero-order valence-corrected chi connectivity index (χ0v) is 12.1. The number of nitrogens with one attached hydrogen (secondary N) is 1. The first-order valence-corrected chi connectivity index (χ1v) is 6.90. The van der Waals surface area contributed by atoms with E-state index in [4.69, 9.17) is 14.7 Å². The highest BCUT2D eigenvalue weighted by Crippen LogP contribution is 2.30. The van der Waals surface area contributed by atoms with E-state index in [0.29, 0.717) is 35.9 Å². The summed E-state index contributed by atoms with van der Waals surface area (Å²) in [4.78, 5) is 12.1. The van der Waals surface area contributed by atoms with E-state index in [1.54, 1.807) is 23.9 Å². The van der Waals surface area contributed by atoms with Gasteiger partial charge >= 0.3 is 0 Å². The van der Waals surface area contributed by atoms with Crippen LogP contribution in [0.25, 0.3) is 0 Å². The number of aryl methyl sites for hydroxylation is 1. The second-order valence-corrected chi connectivity index (χ2v) is 5.04. The Labute approximate surface area is 127 Å². The molecule has 1 aromatic carbocycles. The van der Waals surface area contributed by atoms with Gasteiger partial charge < -0.3 is 19.4 Å². The minimum atomic E-state index is -0.244. The largest absolute Gasteiger partial charge is 0.486 e. The van der Waals surface area contributed by atoms with Crippen molar-refractivity contribution in [1.29, 1.82) is 5.26 Å². The number of aromatic nitrogens is 1. The van der Waals surface area contributed by atoms with Crippen molar-refractivity contribution in [2.45, 2.75) is 6.10 Å². The Bertz CT molecular complexity index is 745. The van der Waals surface area contributed by atoms with Gasteiger partial charge in [-0.1, -0.05) is 12.1 Å². The lowest BCUT2D eigenvalue weighted by molar-refractivity contribution is 0.0784. The molecule has 0 spiro atoms. The Hall–Kier alpha value is -2.94. The van der Waals surface area contributed by atoms with Crippen LogP contribution in [0.5, 0.6) is 11.5 Å². The van der Waals surface area contributed by atoms with Crippen molar-refractivity contribution in [3.63, 3.8) is 0 Å². The number of benzene rings is 1. The standard InChI is InChI=1S/C16H15N3O3/c1-19-9-11(7-17)6-13(19)16(20)18-8-12-10-21-14-4-2-3-5-15(14)22-12/h2-6,9,12H,8,10H2,1H3,(H,18,20)/t12-/m1/s1. The molecule has 2 aromatic rings. The van der Waals surface area contributed by atoms with Gasteiger partial charge in [-0.15, -0.1) is 0 Å². The molecule has 1 aliphatic rings. The smallest absolute Gasteiger partial charge is 0.268 e. The molecule has 1 aromatic heterocycles. The average molecular weight is 297 g/mol. The fraction of sp³-hybridized carbons (Fsp3) is 0.250. The minimum absolute atomic E-state index is 0.241. The minimum Gasteiger partial charge on any atom is -0.486 e. The topological polar surface area (TPSA) is 76.3 Å². The highest BCUT2D eigenvalue weighted by molar-refractivity contribution is 5.93. The Balaban J connectivity index is 1.60. The van der Waals surface area contributed by atoms with Crippen LogP contribution in [0.1, 0.15) is 16.1 Å². The second kappa shape index (κ2) is 5.82. The molecule has 0 saturated carbocycles. The van der Waals surface area contributed by atoms with Gasteiger partial charge in [0.25, 0.3) is 5.91 Å². The number of nitrogens with zero attached hydrogens (tertiary/aromatic N) is 2. The molecule has 1 N–H and O–H groups in total. The monoisotopic (exact) mass is 297 g/mol. The first-order valence-electron chi connectivity index (χ1n) is 6.90. The van der Waals surface area contributed by atoms with Gasteiger partial charge in [-0.3, -0.25) is 4.79 Å². The van der Waals surface area contributed by atoms with Gasteiger partial charge in [-0.05, 0) is 18.2 Å². The summed E-state index contributed by atoms with van der Waals surface area (Å²) < 4.78 is 13.0. The first kappa shape index (κ1) is 14.0. The van der Waals surface area contributed by atoms with Crippen molar-refractivity contribution in [3.8, 4) is 17.6 Å². The summed E-state index contributed by atoms with van der Waals surface area (Å²) in [5.41, 5.74) is 0.896. The van der Waals surface area contributed by atoms with Crippen LogP contribution in [-0.2, 0) is 7.05 Å². The Morgan fingerprint density at radius 3 is 2.95 bits per heavy atom. The maximum atomic E-state index is 12.1. The quantitative estimate of drug-likeness (QED) is 0.930. The third-order valence-electron chi connectivity index (χ3n) is 3.42. The van der Waals surface area contributed by atoms with Crippen molar-refractivity contribution in [3.05, 3.63) is 47.8 Å². The summed E-state index contributed by atoms with van der Waals surface area (Å²) in [7, 11) is 1.73. The highest BCUT2D eigenvalue weighted by atomic mass is 16.6. The van der Waals surface area contributed by atoms with Gasteiger partial charge in [0.1, 0.15) is 24.5 Å². The van der Waals surface area contributed by atoms with Crippen molar-refractivity contribution in [2.24, 2.45) is 7.05 Å². The third-order valence-corrected chi connectivity index (χ3v) is 3.42. The molecule has 22 heavy (non-hydrogen) atoms. The van der Waals surface area contributed by atoms with Crippen LogP contribution in [0.4, 0.5) is 0 Å². The zero-order valence-electron chi connectivity index (χ0n) is 12.1.